The average molecular weight is 396 g/mol. The molecule has 4 bridgehead atoms. The highest BCUT2D eigenvalue weighted by molar-refractivity contribution is 6.31. The molecule has 1 aromatic heterocycles. The van der Waals surface area contributed by atoms with Gasteiger partial charge in [-0.05, 0) is 86.3 Å². The Morgan fingerprint density at radius 2 is 1.71 bits per heavy atom. The summed E-state index contributed by atoms with van der Waals surface area (Å²) >= 11 is 6.15. The molecule has 5 heteroatoms. The zero-order chi connectivity index (χ0) is 19.0. The van der Waals surface area contributed by atoms with Gasteiger partial charge in [-0.2, -0.15) is 0 Å². The van der Waals surface area contributed by atoms with Crippen LogP contribution < -0.4 is 5.32 Å². The van der Waals surface area contributed by atoms with Gasteiger partial charge in [-0.3, -0.25) is 4.79 Å². The second kappa shape index (κ2) is 5.74. The number of furan rings is 1. The first-order valence-electron chi connectivity index (χ1n) is 10.1. The molecule has 7 rings (SSSR count). The van der Waals surface area contributed by atoms with E-state index in [1.165, 1.54) is 0 Å². The van der Waals surface area contributed by atoms with Gasteiger partial charge in [0.05, 0.1) is 5.60 Å². The van der Waals surface area contributed by atoms with E-state index < -0.39 is 5.60 Å². The molecule has 0 radical (unpaired) electrons. The fraction of sp³-hybridized carbons (Fsp3) is 0.435. The van der Waals surface area contributed by atoms with Gasteiger partial charge in [-0.1, -0.05) is 11.6 Å². The fourth-order valence-electron chi connectivity index (χ4n) is 6.34. The number of carbonyl (C=O) groups excluding carboxylic acids is 1. The van der Waals surface area contributed by atoms with Gasteiger partial charge in [0.15, 0.2) is 0 Å². The van der Waals surface area contributed by atoms with Crippen LogP contribution >= 0.6 is 11.6 Å². The Labute approximate surface area is 167 Å². The van der Waals surface area contributed by atoms with Crippen molar-refractivity contribution in [3.8, 4) is 0 Å². The van der Waals surface area contributed by atoms with E-state index in [0.717, 1.165) is 54.0 Å². The minimum Gasteiger partial charge on any atom is -0.456 e. The molecule has 4 saturated carbocycles. The van der Waals surface area contributed by atoms with Crippen molar-refractivity contribution in [3.63, 3.8) is 0 Å². The number of nitrogens with one attached hydrogen (secondary N) is 1. The summed E-state index contributed by atoms with van der Waals surface area (Å²) in [4.78, 5) is 13.1. The normalized spacial score (nSPS) is 33.6. The number of rotatable bonds is 2. The molecule has 4 aliphatic rings. The van der Waals surface area contributed by atoms with Crippen molar-refractivity contribution in [1.29, 1.82) is 0 Å². The predicted octanol–water partition coefficient (Wildman–Crippen LogP) is 4.91. The van der Waals surface area contributed by atoms with Gasteiger partial charge in [0.2, 0.25) is 0 Å². The number of hydrogen-bond donors (Lipinski definition) is 2. The highest BCUT2D eigenvalue weighted by Crippen LogP contribution is 2.55. The lowest BCUT2D eigenvalue weighted by molar-refractivity contribution is -0.136. The molecule has 4 aliphatic carbocycles. The third-order valence-electron chi connectivity index (χ3n) is 7.23. The van der Waals surface area contributed by atoms with Crippen LogP contribution in [0.1, 0.15) is 42.5 Å². The standard InChI is InChI=1S/C23H22ClNO3/c24-16-2-4-20-18(8-16)17-7-13(1-3-19(17)28-20)22(26)25-21-14-5-12-6-15(21)11-23(27,9-12)10-14/h1-4,7-8,12,14-15,21,27H,5-6,9-11H2,(H,25,26)/t12?,14?,15?,21-,23+. The molecule has 2 N–H and O–H groups in total. The minimum absolute atomic E-state index is 0.0391. The molecule has 0 spiro atoms. The molecule has 28 heavy (non-hydrogen) atoms. The molecular formula is C23H22ClNO3. The molecule has 144 valence electrons. The number of halogens is 1. The van der Waals surface area contributed by atoms with E-state index in [1.807, 2.05) is 30.3 Å². The molecule has 4 fully saturated rings. The van der Waals surface area contributed by atoms with Crippen LogP contribution in [0.25, 0.3) is 21.9 Å². The van der Waals surface area contributed by atoms with Crippen molar-refractivity contribution in [1.82, 2.24) is 5.32 Å². The van der Waals surface area contributed by atoms with E-state index in [9.17, 15) is 9.90 Å². The van der Waals surface area contributed by atoms with Crippen LogP contribution in [0.3, 0.4) is 0 Å². The maximum absolute atomic E-state index is 13.1. The number of aliphatic hydroxyl groups is 1. The van der Waals surface area contributed by atoms with E-state index in [1.54, 1.807) is 6.07 Å². The number of amides is 1. The maximum Gasteiger partial charge on any atom is 0.251 e. The van der Waals surface area contributed by atoms with Crippen molar-refractivity contribution in [3.05, 3.63) is 47.0 Å². The molecule has 4 nitrogen and oxygen atoms in total. The number of benzene rings is 2. The topological polar surface area (TPSA) is 62.5 Å². The van der Waals surface area contributed by atoms with Crippen molar-refractivity contribution in [2.75, 3.05) is 0 Å². The van der Waals surface area contributed by atoms with E-state index in [2.05, 4.69) is 5.32 Å². The first-order valence-corrected chi connectivity index (χ1v) is 10.5. The summed E-state index contributed by atoms with van der Waals surface area (Å²) in [7, 11) is 0. The lowest BCUT2D eigenvalue weighted by atomic mass is 9.52. The zero-order valence-electron chi connectivity index (χ0n) is 15.5. The zero-order valence-corrected chi connectivity index (χ0v) is 16.2. The first-order chi connectivity index (χ1) is 13.5. The average Bonchev–Trinajstić information content (AvgIpc) is 3.00. The second-order valence-electron chi connectivity index (χ2n) is 9.15. The van der Waals surface area contributed by atoms with Crippen molar-refractivity contribution in [2.45, 2.75) is 43.7 Å². The smallest absolute Gasteiger partial charge is 0.251 e. The summed E-state index contributed by atoms with van der Waals surface area (Å²) in [5.74, 6) is 1.40. The maximum atomic E-state index is 13.1. The summed E-state index contributed by atoms with van der Waals surface area (Å²) in [6, 6.07) is 11.3. The summed E-state index contributed by atoms with van der Waals surface area (Å²) in [6.45, 7) is 0. The van der Waals surface area contributed by atoms with Crippen LogP contribution in [0.4, 0.5) is 0 Å². The molecule has 0 aliphatic heterocycles. The number of hydrogen-bond acceptors (Lipinski definition) is 3. The molecule has 2 aromatic carbocycles. The van der Waals surface area contributed by atoms with Gasteiger partial charge >= 0.3 is 0 Å². The number of fused-ring (bicyclic) bond motifs is 3. The van der Waals surface area contributed by atoms with Crippen LogP contribution in [0.2, 0.25) is 5.02 Å². The Kier molecular flexibility index (Phi) is 3.46. The Morgan fingerprint density at radius 1 is 1.04 bits per heavy atom. The molecule has 0 saturated heterocycles. The van der Waals surface area contributed by atoms with Gasteiger partial charge in [0, 0.05) is 27.4 Å². The fourth-order valence-corrected chi connectivity index (χ4v) is 6.51. The van der Waals surface area contributed by atoms with Crippen LogP contribution in [-0.2, 0) is 0 Å². The lowest BCUT2D eigenvalue weighted by Gasteiger charge is -2.58. The molecule has 1 heterocycles. The first kappa shape index (κ1) is 16.9. The summed E-state index contributed by atoms with van der Waals surface area (Å²) < 4.78 is 5.86. The van der Waals surface area contributed by atoms with Gasteiger partial charge < -0.3 is 14.8 Å². The quantitative estimate of drug-likeness (QED) is 0.648. The second-order valence-corrected chi connectivity index (χ2v) is 9.58. The summed E-state index contributed by atoms with van der Waals surface area (Å²) in [6.07, 6.45) is 4.87. The van der Waals surface area contributed by atoms with Gasteiger partial charge in [0.25, 0.3) is 5.91 Å². The molecular weight excluding hydrogens is 374 g/mol. The van der Waals surface area contributed by atoms with Crippen LogP contribution in [0, 0.1) is 17.8 Å². The highest BCUT2D eigenvalue weighted by atomic mass is 35.5. The third kappa shape index (κ3) is 2.51. The third-order valence-corrected chi connectivity index (χ3v) is 7.47. The van der Waals surface area contributed by atoms with Crippen molar-refractivity contribution < 1.29 is 14.3 Å². The van der Waals surface area contributed by atoms with E-state index in [4.69, 9.17) is 16.0 Å². The Morgan fingerprint density at radius 3 is 2.43 bits per heavy atom. The van der Waals surface area contributed by atoms with Crippen LogP contribution in [0.5, 0.6) is 0 Å². The summed E-state index contributed by atoms with van der Waals surface area (Å²) in [5.41, 5.74) is 1.69. The van der Waals surface area contributed by atoms with Gasteiger partial charge in [0.1, 0.15) is 11.2 Å². The Balaban J connectivity index is 1.31. The highest BCUT2D eigenvalue weighted by Gasteiger charge is 2.55. The largest absolute Gasteiger partial charge is 0.456 e. The van der Waals surface area contributed by atoms with Gasteiger partial charge in [-0.15, -0.1) is 0 Å². The van der Waals surface area contributed by atoms with E-state index >= 15 is 0 Å². The lowest BCUT2D eigenvalue weighted by Crippen LogP contribution is -2.61. The predicted molar refractivity (Wildman–Crippen MR) is 108 cm³/mol. The van der Waals surface area contributed by atoms with Crippen molar-refractivity contribution >= 4 is 39.4 Å². The van der Waals surface area contributed by atoms with Crippen LogP contribution in [0.15, 0.2) is 40.8 Å². The monoisotopic (exact) mass is 395 g/mol. The van der Waals surface area contributed by atoms with E-state index in [-0.39, 0.29) is 11.9 Å². The summed E-state index contributed by atoms with van der Waals surface area (Å²) in [5, 5.41) is 16.5. The Hall–Kier alpha value is -2.04. The van der Waals surface area contributed by atoms with Crippen LogP contribution in [-0.4, -0.2) is 22.7 Å². The Bertz CT molecular complexity index is 1100. The van der Waals surface area contributed by atoms with E-state index in [0.29, 0.717) is 28.3 Å². The molecule has 2 unspecified atom stereocenters. The number of carbonyl (C=O) groups is 1. The van der Waals surface area contributed by atoms with Gasteiger partial charge in [-0.25, -0.2) is 0 Å². The molecule has 1 amide bonds. The molecule has 3 aromatic rings. The van der Waals surface area contributed by atoms with Crippen molar-refractivity contribution in [2.24, 2.45) is 17.8 Å². The SMILES string of the molecule is O=C(N[C@H]1C2CC3CC1C[C@@](O)(C3)C2)c1ccc2oc3ccc(Cl)cc3c2c1. The molecule has 2 atom stereocenters. The minimum atomic E-state index is -0.481.